The van der Waals surface area contributed by atoms with Crippen LogP contribution in [0.4, 0.5) is 0 Å². The van der Waals surface area contributed by atoms with Gasteiger partial charge in [0.1, 0.15) is 0 Å². The van der Waals surface area contributed by atoms with Crippen molar-refractivity contribution < 1.29 is 14.6 Å². The number of aliphatic hydroxyl groups is 1. The third-order valence-corrected chi connectivity index (χ3v) is 4.61. The number of hydrogen-bond donors (Lipinski definition) is 2. The van der Waals surface area contributed by atoms with E-state index in [-0.39, 0.29) is 18.1 Å². The number of hydrogen-bond acceptors (Lipinski definition) is 5. The monoisotopic (exact) mass is 300 g/mol. The molecule has 3 atom stereocenters. The molecule has 2 N–H and O–H groups in total. The quantitative estimate of drug-likeness (QED) is 0.726. The lowest BCUT2D eigenvalue weighted by atomic mass is 9.85. The molecule has 5 heteroatoms. The highest BCUT2D eigenvalue weighted by molar-refractivity contribution is 4.91. The SMILES string of the molecule is CC(C)CNCC1(CN2CC(CO)OCC2C)CCOC1. The van der Waals surface area contributed by atoms with Gasteiger partial charge in [0.2, 0.25) is 0 Å². The lowest BCUT2D eigenvalue weighted by molar-refractivity contribution is -0.0883. The van der Waals surface area contributed by atoms with Crippen molar-refractivity contribution in [3.05, 3.63) is 0 Å². The fraction of sp³-hybridized carbons (Fsp3) is 1.00. The Morgan fingerprint density at radius 1 is 1.43 bits per heavy atom. The van der Waals surface area contributed by atoms with Gasteiger partial charge in [0.25, 0.3) is 0 Å². The molecule has 0 amide bonds. The Morgan fingerprint density at radius 3 is 2.86 bits per heavy atom. The Morgan fingerprint density at radius 2 is 2.24 bits per heavy atom. The lowest BCUT2D eigenvalue weighted by Crippen LogP contribution is -2.55. The molecule has 0 aromatic carbocycles. The van der Waals surface area contributed by atoms with Crippen molar-refractivity contribution >= 4 is 0 Å². The van der Waals surface area contributed by atoms with Gasteiger partial charge in [-0.05, 0) is 25.8 Å². The highest BCUT2D eigenvalue weighted by atomic mass is 16.5. The van der Waals surface area contributed by atoms with E-state index in [1.54, 1.807) is 0 Å². The van der Waals surface area contributed by atoms with Crippen molar-refractivity contribution in [3.63, 3.8) is 0 Å². The van der Waals surface area contributed by atoms with Crippen LogP contribution in [0.5, 0.6) is 0 Å². The molecule has 124 valence electrons. The largest absolute Gasteiger partial charge is 0.394 e. The van der Waals surface area contributed by atoms with Crippen molar-refractivity contribution in [3.8, 4) is 0 Å². The molecule has 3 unspecified atom stereocenters. The summed E-state index contributed by atoms with van der Waals surface area (Å²) in [6, 6.07) is 0.412. The first kappa shape index (κ1) is 17.2. The van der Waals surface area contributed by atoms with E-state index in [4.69, 9.17) is 9.47 Å². The van der Waals surface area contributed by atoms with Crippen LogP contribution in [0, 0.1) is 11.3 Å². The topological polar surface area (TPSA) is 54.0 Å². The summed E-state index contributed by atoms with van der Waals surface area (Å²) in [4.78, 5) is 2.47. The maximum Gasteiger partial charge on any atom is 0.0933 e. The first-order valence-electron chi connectivity index (χ1n) is 8.29. The van der Waals surface area contributed by atoms with Crippen molar-refractivity contribution in [2.75, 3.05) is 52.6 Å². The Hall–Kier alpha value is -0.200. The molecule has 2 aliphatic rings. The number of aliphatic hydroxyl groups excluding tert-OH is 1. The molecule has 0 saturated carbocycles. The third-order valence-electron chi connectivity index (χ3n) is 4.61. The molecular formula is C16H32N2O3. The number of nitrogens with one attached hydrogen (secondary N) is 1. The Kier molecular flexibility index (Phi) is 6.44. The van der Waals surface area contributed by atoms with Gasteiger partial charge >= 0.3 is 0 Å². The maximum absolute atomic E-state index is 9.33. The molecule has 0 aromatic rings. The summed E-state index contributed by atoms with van der Waals surface area (Å²) in [5.41, 5.74) is 0.209. The Labute approximate surface area is 129 Å². The first-order valence-corrected chi connectivity index (χ1v) is 8.29. The molecule has 2 heterocycles. The van der Waals surface area contributed by atoms with Gasteiger partial charge in [-0.25, -0.2) is 0 Å². The molecule has 2 rings (SSSR count). The summed E-state index contributed by atoms with van der Waals surface area (Å²) in [5, 5.41) is 12.9. The molecule has 2 aliphatic heterocycles. The fourth-order valence-corrected chi connectivity index (χ4v) is 3.23. The van der Waals surface area contributed by atoms with Crippen LogP contribution in [0.3, 0.4) is 0 Å². The smallest absolute Gasteiger partial charge is 0.0933 e. The summed E-state index contributed by atoms with van der Waals surface area (Å²) < 4.78 is 11.3. The second-order valence-electron chi connectivity index (χ2n) is 7.24. The van der Waals surface area contributed by atoms with Gasteiger partial charge in [-0.1, -0.05) is 13.8 Å². The van der Waals surface area contributed by atoms with Gasteiger partial charge in [0, 0.05) is 37.7 Å². The van der Waals surface area contributed by atoms with Crippen LogP contribution in [0.2, 0.25) is 0 Å². The van der Waals surface area contributed by atoms with E-state index in [0.717, 1.165) is 45.8 Å². The van der Waals surface area contributed by atoms with Crippen LogP contribution in [-0.4, -0.2) is 74.8 Å². The van der Waals surface area contributed by atoms with Crippen molar-refractivity contribution in [2.24, 2.45) is 11.3 Å². The van der Waals surface area contributed by atoms with Gasteiger partial charge < -0.3 is 19.9 Å². The van der Waals surface area contributed by atoms with Gasteiger partial charge in [-0.3, -0.25) is 4.90 Å². The second-order valence-corrected chi connectivity index (χ2v) is 7.24. The second kappa shape index (κ2) is 7.88. The zero-order chi connectivity index (χ0) is 15.3. The molecule has 5 nitrogen and oxygen atoms in total. The average Bonchev–Trinajstić information content (AvgIpc) is 2.89. The first-order chi connectivity index (χ1) is 10.0. The molecular weight excluding hydrogens is 268 g/mol. The third kappa shape index (κ3) is 4.89. The summed E-state index contributed by atoms with van der Waals surface area (Å²) >= 11 is 0. The minimum Gasteiger partial charge on any atom is -0.394 e. The zero-order valence-electron chi connectivity index (χ0n) is 13.8. The number of ether oxygens (including phenoxy) is 2. The normalized spacial score (nSPS) is 34.7. The predicted molar refractivity (Wildman–Crippen MR) is 83.4 cm³/mol. The lowest BCUT2D eigenvalue weighted by Gasteiger charge is -2.42. The van der Waals surface area contributed by atoms with Gasteiger partial charge in [-0.2, -0.15) is 0 Å². The van der Waals surface area contributed by atoms with Crippen LogP contribution in [-0.2, 0) is 9.47 Å². The molecule has 2 fully saturated rings. The number of nitrogens with zero attached hydrogens (tertiary/aromatic N) is 1. The molecule has 2 saturated heterocycles. The predicted octanol–water partition coefficient (Wildman–Crippen LogP) is 0.720. The van der Waals surface area contributed by atoms with Crippen molar-refractivity contribution in [1.29, 1.82) is 0 Å². The van der Waals surface area contributed by atoms with E-state index in [1.807, 2.05) is 0 Å². The van der Waals surface area contributed by atoms with Crippen LogP contribution < -0.4 is 5.32 Å². The summed E-state index contributed by atoms with van der Waals surface area (Å²) in [6.45, 7) is 13.1. The van der Waals surface area contributed by atoms with Crippen LogP contribution in [0.1, 0.15) is 27.2 Å². The van der Waals surface area contributed by atoms with E-state index in [9.17, 15) is 5.11 Å². The molecule has 0 spiro atoms. The highest BCUT2D eigenvalue weighted by Crippen LogP contribution is 2.30. The van der Waals surface area contributed by atoms with Crippen molar-refractivity contribution in [2.45, 2.75) is 39.3 Å². The Balaban J connectivity index is 1.91. The minimum absolute atomic E-state index is 0.0378. The molecule has 0 bridgehead atoms. The van der Waals surface area contributed by atoms with Gasteiger partial charge in [0.05, 0.1) is 25.9 Å². The summed E-state index contributed by atoms with van der Waals surface area (Å²) in [7, 11) is 0. The average molecular weight is 300 g/mol. The summed E-state index contributed by atoms with van der Waals surface area (Å²) in [6.07, 6.45) is 1.08. The van der Waals surface area contributed by atoms with Gasteiger partial charge in [-0.15, -0.1) is 0 Å². The van der Waals surface area contributed by atoms with E-state index in [0.29, 0.717) is 18.6 Å². The van der Waals surface area contributed by atoms with Crippen molar-refractivity contribution in [1.82, 2.24) is 10.2 Å². The zero-order valence-corrected chi connectivity index (χ0v) is 13.8. The summed E-state index contributed by atoms with van der Waals surface area (Å²) in [5.74, 6) is 0.672. The standard InChI is InChI=1S/C16H32N2O3/c1-13(2)6-17-10-16(4-5-20-12-16)11-18-7-15(8-19)21-9-14(18)3/h13-15,17,19H,4-12H2,1-3H3. The van der Waals surface area contributed by atoms with E-state index >= 15 is 0 Å². The highest BCUT2D eigenvalue weighted by Gasteiger charge is 2.39. The maximum atomic E-state index is 9.33. The molecule has 0 aliphatic carbocycles. The molecule has 0 radical (unpaired) electrons. The Bertz CT molecular complexity index is 306. The number of morpholine rings is 1. The fourth-order valence-electron chi connectivity index (χ4n) is 3.23. The van der Waals surface area contributed by atoms with Crippen LogP contribution in [0.25, 0.3) is 0 Å². The van der Waals surface area contributed by atoms with Crippen LogP contribution >= 0.6 is 0 Å². The van der Waals surface area contributed by atoms with Crippen LogP contribution in [0.15, 0.2) is 0 Å². The van der Waals surface area contributed by atoms with E-state index < -0.39 is 0 Å². The minimum atomic E-state index is -0.0378. The number of rotatable bonds is 7. The van der Waals surface area contributed by atoms with E-state index in [2.05, 4.69) is 31.0 Å². The molecule has 0 aromatic heterocycles. The van der Waals surface area contributed by atoms with E-state index in [1.165, 1.54) is 0 Å². The molecule has 21 heavy (non-hydrogen) atoms. The van der Waals surface area contributed by atoms with Gasteiger partial charge in [0.15, 0.2) is 0 Å².